The van der Waals surface area contributed by atoms with Gasteiger partial charge in [-0.2, -0.15) is 0 Å². The smallest absolute Gasteiger partial charge is 0.407 e. The second kappa shape index (κ2) is 12.2. The van der Waals surface area contributed by atoms with Crippen LogP contribution in [0.1, 0.15) is 63.0 Å². The van der Waals surface area contributed by atoms with Gasteiger partial charge in [-0.3, -0.25) is 9.59 Å². The average Bonchev–Trinajstić information content (AvgIpc) is 3.13. The molecule has 2 amide bonds. The molecule has 2 aromatic rings. The number of ether oxygens (including phenoxy) is 1. The van der Waals surface area contributed by atoms with E-state index >= 15 is 0 Å². The highest BCUT2D eigenvalue weighted by molar-refractivity contribution is 5.86. The van der Waals surface area contributed by atoms with Crippen LogP contribution in [0.15, 0.2) is 48.5 Å². The molecule has 1 aliphatic rings. The molecule has 0 fully saturated rings. The first-order valence-corrected chi connectivity index (χ1v) is 12.0. The van der Waals surface area contributed by atoms with Gasteiger partial charge in [-0.05, 0) is 41.0 Å². The Morgan fingerprint density at radius 2 is 1.56 bits per heavy atom. The summed E-state index contributed by atoms with van der Waals surface area (Å²) < 4.78 is 5.52. The number of amides is 2. The Hall–Kier alpha value is -3.35. The quantitative estimate of drug-likeness (QED) is 0.393. The van der Waals surface area contributed by atoms with Crippen LogP contribution in [0, 0.1) is 5.92 Å². The van der Waals surface area contributed by atoms with Gasteiger partial charge in [0.15, 0.2) is 0 Å². The van der Waals surface area contributed by atoms with Crippen LogP contribution in [-0.4, -0.2) is 42.3 Å². The number of carbonyl (C=O) groups is 3. The van der Waals surface area contributed by atoms with Crippen molar-refractivity contribution in [2.24, 2.45) is 5.92 Å². The minimum Gasteiger partial charge on any atom is -0.481 e. The number of carboxylic acid groups (broad SMARTS) is 1. The maximum atomic E-state index is 12.6. The highest BCUT2D eigenvalue weighted by Gasteiger charge is 2.29. The fraction of sp³-hybridized carbons (Fsp3) is 0.444. The van der Waals surface area contributed by atoms with E-state index in [1.54, 1.807) is 0 Å². The van der Waals surface area contributed by atoms with Crippen molar-refractivity contribution in [3.8, 4) is 11.1 Å². The van der Waals surface area contributed by atoms with Crippen molar-refractivity contribution in [3.63, 3.8) is 0 Å². The number of aliphatic carboxylic acids is 1. The third-order valence-electron chi connectivity index (χ3n) is 6.11. The van der Waals surface area contributed by atoms with E-state index in [-0.39, 0.29) is 31.3 Å². The molecule has 0 saturated carbocycles. The van der Waals surface area contributed by atoms with Crippen molar-refractivity contribution in [1.82, 2.24) is 10.6 Å². The van der Waals surface area contributed by atoms with Crippen molar-refractivity contribution in [3.05, 3.63) is 59.7 Å². The summed E-state index contributed by atoms with van der Waals surface area (Å²) in [7, 11) is 0. The predicted octanol–water partition coefficient (Wildman–Crippen LogP) is 4.70. The van der Waals surface area contributed by atoms with E-state index in [0.29, 0.717) is 12.5 Å². The molecule has 1 aliphatic carbocycles. The zero-order valence-corrected chi connectivity index (χ0v) is 19.9. The van der Waals surface area contributed by atoms with E-state index in [1.165, 1.54) is 0 Å². The molecule has 0 aliphatic heterocycles. The van der Waals surface area contributed by atoms with Crippen LogP contribution in [-0.2, 0) is 14.3 Å². The monoisotopic (exact) mass is 466 g/mol. The lowest BCUT2D eigenvalue weighted by Crippen LogP contribution is -2.47. The number of unbranched alkanes of at least 4 members (excludes halogenated alkanes) is 1. The van der Waals surface area contributed by atoms with Gasteiger partial charge in [0.25, 0.3) is 0 Å². The van der Waals surface area contributed by atoms with Gasteiger partial charge in [-0.25, -0.2) is 4.79 Å². The van der Waals surface area contributed by atoms with Gasteiger partial charge in [-0.15, -0.1) is 0 Å². The molecular formula is C27H34N2O5. The zero-order chi connectivity index (χ0) is 24.5. The maximum Gasteiger partial charge on any atom is 0.407 e. The van der Waals surface area contributed by atoms with Crippen molar-refractivity contribution in [2.45, 2.75) is 57.9 Å². The summed E-state index contributed by atoms with van der Waals surface area (Å²) in [6, 6.07) is 15.1. The Bertz CT molecular complexity index is 959. The second-order valence-electron chi connectivity index (χ2n) is 9.14. The van der Waals surface area contributed by atoms with Gasteiger partial charge in [0.1, 0.15) is 12.6 Å². The topological polar surface area (TPSA) is 105 Å². The lowest BCUT2D eigenvalue weighted by Gasteiger charge is -2.19. The van der Waals surface area contributed by atoms with E-state index in [1.807, 2.05) is 36.4 Å². The fourth-order valence-electron chi connectivity index (χ4n) is 4.33. The van der Waals surface area contributed by atoms with Crippen LogP contribution < -0.4 is 10.6 Å². The normalized spacial score (nSPS) is 13.1. The lowest BCUT2D eigenvalue weighted by molar-refractivity contribution is -0.137. The second-order valence-corrected chi connectivity index (χ2v) is 9.14. The fourth-order valence-corrected chi connectivity index (χ4v) is 4.33. The third-order valence-corrected chi connectivity index (χ3v) is 6.11. The number of carbonyl (C=O) groups excluding carboxylic acids is 2. The molecule has 0 aromatic heterocycles. The number of hydrogen-bond donors (Lipinski definition) is 3. The summed E-state index contributed by atoms with van der Waals surface area (Å²) in [5.41, 5.74) is 4.45. The molecule has 0 radical (unpaired) electrons. The van der Waals surface area contributed by atoms with Crippen LogP contribution in [0.2, 0.25) is 0 Å². The standard InChI is InChI=1S/C27H34N2O5/c1-18(2)9-7-8-16-28-26(32)24(14-15-25(30)31)29-27(33)34-17-23-21-12-5-3-10-19(21)20-11-4-6-13-22(20)23/h3-6,10-13,18,23-24H,7-9,14-17H2,1-2H3,(H,28,32)(H,29,33)(H,30,31). The molecule has 0 heterocycles. The molecule has 7 heteroatoms. The van der Waals surface area contributed by atoms with Gasteiger partial charge in [-0.1, -0.05) is 75.2 Å². The van der Waals surface area contributed by atoms with Crippen LogP contribution in [0.5, 0.6) is 0 Å². The number of nitrogens with one attached hydrogen (secondary N) is 2. The Morgan fingerprint density at radius 3 is 2.15 bits per heavy atom. The van der Waals surface area contributed by atoms with E-state index in [0.717, 1.165) is 41.5 Å². The molecule has 1 atom stereocenters. The Kier molecular flexibility index (Phi) is 9.08. The van der Waals surface area contributed by atoms with Crippen molar-refractivity contribution in [2.75, 3.05) is 13.2 Å². The Balaban J connectivity index is 1.57. The maximum absolute atomic E-state index is 12.6. The molecule has 7 nitrogen and oxygen atoms in total. The van der Waals surface area contributed by atoms with Crippen LogP contribution in [0.25, 0.3) is 11.1 Å². The Morgan fingerprint density at radius 1 is 0.941 bits per heavy atom. The molecule has 34 heavy (non-hydrogen) atoms. The minimum absolute atomic E-state index is 0.00262. The summed E-state index contributed by atoms with van der Waals surface area (Å²) in [6.07, 6.45) is 1.95. The molecule has 2 aromatic carbocycles. The van der Waals surface area contributed by atoms with Crippen LogP contribution >= 0.6 is 0 Å². The average molecular weight is 467 g/mol. The highest BCUT2D eigenvalue weighted by Crippen LogP contribution is 2.44. The van der Waals surface area contributed by atoms with Gasteiger partial charge in [0.05, 0.1) is 0 Å². The Labute approximate surface area is 200 Å². The number of alkyl carbamates (subject to hydrolysis) is 1. The summed E-state index contributed by atoms with van der Waals surface area (Å²) in [5.74, 6) is -0.900. The molecule has 0 bridgehead atoms. The van der Waals surface area contributed by atoms with E-state index in [4.69, 9.17) is 9.84 Å². The van der Waals surface area contributed by atoms with E-state index in [2.05, 4.69) is 36.6 Å². The zero-order valence-electron chi connectivity index (χ0n) is 19.9. The van der Waals surface area contributed by atoms with Gasteiger partial charge >= 0.3 is 12.1 Å². The molecule has 3 N–H and O–H groups in total. The first-order valence-electron chi connectivity index (χ1n) is 12.0. The lowest BCUT2D eigenvalue weighted by atomic mass is 9.98. The molecule has 0 saturated heterocycles. The number of hydrogen-bond acceptors (Lipinski definition) is 4. The largest absolute Gasteiger partial charge is 0.481 e. The van der Waals surface area contributed by atoms with E-state index < -0.39 is 18.1 Å². The predicted molar refractivity (Wildman–Crippen MR) is 131 cm³/mol. The van der Waals surface area contributed by atoms with Crippen LogP contribution in [0.4, 0.5) is 4.79 Å². The summed E-state index contributed by atoms with van der Waals surface area (Å²) in [6.45, 7) is 4.92. The molecule has 0 spiro atoms. The summed E-state index contributed by atoms with van der Waals surface area (Å²) >= 11 is 0. The molecule has 3 rings (SSSR count). The number of carboxylic acids is 1. The van der Waals surface area contributed by atoms with E-state index in [9.17, 15) is 14.4 Å². The first kappa shape index (κ1) is 25.3. The van der Waals surface area contributed by atoms with Crippen LogP contribution in [0.3, 0.4) is 0 Å². The SMILES string of the molecule is CC(C)CCCCNC(=O)C(CCC(=O)O)NC(=O)OCC1c2ccccc2-c2ccccc21. The third kappa shape index (κ3) is 6.83. The minimum atomic E-state index is -1.02. The van der Waals surface area contributed by atoms with Gasteiger partial charge in [0.2, 0.25) is 5.91 Å². The van der Waals surface area contributed by atoms with Gasteiger partial charge < -0.3 is 20.5 Å². The number of fused-ring (bicyclic) bond motifs is 3. The summed E-state index contributed by atoms with van der Waals surface area (Å²) in [5, 5.41) is 14.4. The molecule has 1 unspecified atom stereocenters. The molecule has 182 valence electrons. The van der Waals surface area contributed by atoms with Crippen molar-refractivity contribution < 1.29 is 24.2 Å². The number of rotatable bonds is 12. The first-order chi connectivity index (χ1) is 16.4. The van der Waals surface area contributed by atoms with Crippen molar-refractivity contribution >= 4 is 18.0 Å². The number of benzene rings is 2. The molecular weight excluding hydrogens is 432 g/mol. The van der Waals surface area contributed by atoms with Gasteiger partial charge in [0, 0.05) is 18.9 Å². The summed E-state index contributed by atoms with van der Waals surface area (Å²) in [4.78, 5) is 36.2. The van der Waals surface area contributed by atoms with Crippen molar-refractivity contribution in [1.29, 1.82) is 0 Å². The highest BCUT2D eigenvalue weighted by atomic mass is 16.5.